The van der Waals surface area contributed by atoms with Crippen LogP contribution < -0.4 is 10.2 Å². The van der Waals surface area contributed by atoms with Crippen molar-refractivity contribution < 1.29 is 9.53 Å². The van der Waals surface area contributed by atoms with Gasteiger partial charge in [-0.15, -0.1) is 0 Å². The second-order valence-electron chi connectivity index (χ2n) is 7.69. The number of rotatable bonds is 7. The van der Waals surface area contributed by atoms with Gasteiger partial charge >= 0.3 is 0 Å². The molecule has 166 valence electrons. The number of amides is 1. The molecule has 0 aliphatic heterocycles. The molecule has 5 nitrogen and oxygen atoms in total. The minimum Gasteiger partial charge on any atom is -0.489 e. The first-order chi connectivity index (χ1) is 16.0. The van der Waals surface area contributed by atoms with Gasteiger partial charge in [0.25, 0.3) is 5.91 Å². The fourth-order valence-corrected chi connectivity index (χ4v) is 3.99. The van der Waals surface area contributed by atoms with Crippen LogP contribution in [0.25, 0.3) is 5.69 Å². The van der Waals surface area contributed by atoms with Gasteiger partial charge in [-0.1, -0.05) is 40.2 Å². The predicted octanol–water partition coefficient (Wildman–Crippen LogP) is 6.20. The Morgan fingerprint density at radius 2 is 1.70 bits per heavy atom. The van der Waals surface area contributed by atoms with E-state index in [1.807, 2.05) is 60.7 Å². The summed E-state index contributed by atoms with van der Waals surface area (Å²) in [5.74, 6) is 0.470. The third-order valence-corrected chi connectivity index (χ3v) is 5.68. The molecule has 0 spiro atoms. The highest BCUT2D eigenvalue weighted by Gasteiger charge is 2.07. The first kappa shape index (κ1) is 22.6. The van der Waals surface area contributed by atoms with Crippen LogP contribution in [0.4, 0.5) is 0 Å². The molecule has 1 heterocycles. The fraction of sp³-hybridized carbons (Fsp3) is 0.111. The maximum absolute atomic E-state index is 12.5. The summed E-state index contributed by atoms with van der Waals surface area (Å²) < 4.78 is 9.03. The fourth-order valence-electron chi connectivity index (χ4n) is 3.55. The Bertz CT molecular complexity index is 1270. The van der Waals surface area contributed by atoms with Crippen molar-refractivity contribution in [1.29, 1.82) is 0 Å². The summed E-state index contributed by atoms with van der Waals surface area (Å²) in [7, 11) is 0. The molecule has 33 heavy (non-hydrogen) atoms. The second-order valence-corrected chi connectivity index (χ2v) is 8.60. The number of hydrogen-bond donors (Lipinski definition) is 1. The number of nitrogens with one attached hydrogen (secondary N) is 1. The number of aromatic nitrogens is 1. The van der Waals surface area contributed by atoms with Crippen LogP contribution in [0.1, 0.15) is 32.9 Å². The topological polar surface area (TPSA) is 55.6 Å². The second kappa shape index (κ2) is 10.3. The van der Waals surface area contributed by atoms with Gasteiger partial charge in [-0.3, -0.25) is 4.79 Å². The van der Waals surface area contributed by atoms with E-state index >= 15 is 0 Å². The molecule has 4 rings (SSSR count). The highest BCUT2D eigenvalue weighted by molar-refractivity contribution is 9.10. The van der Waals surface area contributed by atoms with E-state index in [0.29, 0.717) is 12.2 Å². The lowest BCUT2D eigenvalue weighted by molar-refractivity contribution is 0.0955. The molecule has 0 radical (unpaired) electrons. The maximum atomic E-state index is 12.5. The third-order valence-electron chi connectivity index (χ3n) is 5.19. The molecule has 0 unspecified atom stereocenters. The monoisotopic (exact) mass is 501 g/mol. The molecule has 3 aromatic carbocycles. The molecule has 6 heteroatoms. The Morgan fingerprint density at radius 3 is 2.42 bits per heavy atom. The van der Waals surface area contributed by atoms with Crippen molar-refractivity contribution in [2.24, 2.45) is 5.10 Å². The molecule has 1 N–H and O–H groups in total. The summed E-state index contributed by atoms with van der Waals surface area (Å²) in [5.41, 5.74) is 8.36. The van der Waals surface area contributed by atoms with Crippen molar-refractivity contribution in [3.05, 3.63) is 117 Å². The number of aryl methyl sites for hydroxylation is 2. The van der Waals surface area contributed by atoms with Crippen LogP contribution in [-0.2, 0) is 6.61 Å². The first-order valence-electron chi connectivity index (χ1n) is 10.6. The summed E-state index contributed by atoms with van der Waals surface area (Å²) >= 11 is 3.47. The number of benzene rings is 3. The van der Waals surface area contributed by atoms with Gasteiger partial charge in [0.15, 0.2) is 0 Å². The highest BCUT2D eigenvalue weighted by atomic mass is 79.9. The van der Waals surface area contributed by atoms with Gasteiger partial charge in [-0.25, -0.2) is 5.43 Å². The van der Waals surface area contributed by atoms with Crippen molar-refractivity contribution in [3.8, 4) is 11.4 Å². The lowest BCUT2D eigenvalue weighted by atomic mass is 10.2. The normalized spacial score (nSPS) is 11.0. The van der Waals surface area contributed by atoms with Gasteiger partial charge in [0.05, 0.1) is 6.21 Å². The van der Waals surface area contributed by atoms with Crippen LogP contribution in [0.2, 0.25) is 0 Å². The van der Waals surface area contributed by atoms with E-state index in [0.717, 1.165) is 38.4 Å². The average molecular weight is 502 g/mol. The van der Waals surface area contributed by atoms with Crippen LogP contribution in [0.5, 0.6) is 5.75 Å². The van der Waals surface area contributed by atoms with Crippen LogP contribution in [0.15, 0.2) is 94.5 Å². The number of carbonyl (C=O) groups excluding carboxylic acids is 1. The van der Waals surface area contributed by atoms with Crippen LogP contribution in [0.3, 0.4) is 0 Å². The summed E-state index contributed by atoms with van der Waals surface area (Å²) in [6, 6.07) is 27.2. The summed E-state index contributed by atoms with van der Waals surface area (Å²) in [4.78, 5) is 12.5. The van der Waals surface area contributed by atoms with E-state index in [2.05, 4.69) is 57.0 Å². The molecule has 0 saturated carbocycles. The summed E-state index contributed by atoms with van der Waals surface area (Å²) in [6.45, 7) is 4.58. The van der Waals surface area contributed by atoms with Crippen LogP contribution in [0, 0.1) is 13.8 Å². The number of nitrogens with zero attached hydrogens (tertiary/aromatic N) is 2. The minimum absolute atomic E-state index is 0.263. The van der Waals surface area contributed by atoms with Gasteiger partial charge in [0, 0.05) is 27.1 Å². The van der Waals surface area contributed by atoms with Crippen molar-refractivity contribution in [3.63, 3.8) is 0 Å². The minimum atomic E-state index is -0.263. The molecule has 1 aromatic heterocycles. The Kier molecular flexibility index (Phi) is 7.05. The zero-order valence-electron chi connectivity index (χ0n) is 18.5. The largest absolute Gasteiger partial charge is 0.489 e. The highest BCUT2D eigenvalue weighted by Crippen LogP contribution is 2.18. The molecular weight excluding hydrogens is 478 g/mol. The predicted molar refractivity (Wildman–Crippen MR) is 135 cm³/mol. The van der Waals surface area contributed by atoms with Gasteiger partial charge in [0.2, 0.25) is 0 Å². The van der Waals surface area contributed by atoms with Crippen molar-refractivity contribution in [2.45, 2.75) is 20.5 Å². The molecule has 0 aliphatic rings. The maximum Gasteiger partial charge on any atom is 0.271 e. The van der Waals surface area contributed by atoms with E-state index in [-0.39, 0.29) is 5.91 Å². The van der Waals surface area contributed by atoms with E-state index in [4.69, 9.17) is 4.74 Å². The molecule has 1 amide bonds. The van der Waals surface area contributed by atoms with E-state index in [1.165, 1.54) is 0 Å². The molecule has 4 aromatic rings. The molecule has 0 bridgehead atoms. The molecule has 0 aliphatic carbocycles. The lowest BCUT2D eigenvalue weighted by Crippen LogP contribution is -2.17. The van der Waals surface area contributed by atoms with Gasteiger partial charge < -0.3 is 9.30 Å². The lowest BCUT2D eigenvalue weighted by Gasteiger charge is -2.10. The smallest absolute Gasteiger partial charge is 0.271 e. The quantitative estimate of drug-likeness (QED) is 0.242. The zero-order valence-corrected chi connectivity index (χ0v) is 20.0. The van der Waals surface area contributed by atoms with Crippen LogP contribution in [-0.4, -0.2) is 16.7 Å². The summed E-state index contributed by atoms with van der Waals surface area (Å²) in [6.07, 6.45) is 1.60. The number of halogens is 1. The Hall–Kier alpha value is -3.64. The van der Waals surface area contributed by atoms with E-state index in [1.54, 1.807) is 18.3 Å². The first-order valence-corrected chi connectivity index (χ1v) is 11.3. The zero-order chi connectivity index (χ0) is 23.2. The third kappa shape index (κ3) is 5.79. The standard InChI is InChI=1S/C27H24BrN3O2/c1-19-9-10-20(2)31(19)25-13-11-23(12-14-25)27(32)30-29-17-21-5-4-8-26(16-21)33-18-22-6-3-7-24(28)15-22/h3-17H,18H2,1-2H3,(H,30,32)/b29-17-. The number of hydrazone groups is 1. The Morgan fingerprint density at radius 1 is 0.970 bits per heavy atom. The van der Waals surface area contributed by atoms with Crippen molar-refractivity contribution >= 4 is 28.1 Å². The van der Waals surface area contributed by atoms with Gasteiger partial charge in [-0.05, 0) is 85.6 Å². The summed E-state index contributed by atoms with van der Waals surface area (Å²) in [5, 5.41) is 4.10. The van der Waals surface area contributed by atoms with E-state index < -0.39 is 0 Å². The Labute approximate surface area is 201 Å². The number of carbonyl (C=O) groups is 1. The molecule has 0 atom stereocenters. The van der Waals surface area contributed by atoms with Crippen molar-refractivity contribution in [2.75, 3.05) is 0 Å². The molecular formula is C27H24BrN3O2. The Balaban J connectivity index is 1.35. The van der Waals surface area contributed by atoms with Crippen molar-refractivity contribution in [1.82, 2.24) is 9.99 Å². The number of hydrogen-bond acceptors (Lipinski definition) is 3. The SMILES string of the molecule is Cc1ccc(C)n1-c1ccc(C(=O)N/N=C\c2cccc(OCc3cccc(Br)c3)c2)cc1. The molecule has 0 fully saturated rings. The molecule has 0 saturated heterocycles. The average Bonchev–Trinajstić information content (AvgIpc) is 3.16. The van der Waals surface area contributed by atoms with Gasteiger partial charge in [0.1, 0.15) is 12.4 Å². The van der Waals surface area contributed by atoms with E-state index in [9.17, 15) is 4.79 Å². The van der Waals surface area contributed by atoms with Crippen LogP contribution >= 0.6 is 15.9 Å². The van der Waals surface area contributed by atoms with Gasteiger partial charge in [-0.2, -0.15) is 5.10 Å². The number of ether oxygens (including phenoxy) is 1.